The maximum Gasteiger partial charge on any atom is 0.302 e. The van der Waals surface area contributed by atoms with Crippen molar-refractivity contribution in [2.24, 2.45) is 11.3 Å². The van der Waals surface area contributed by atoms with E-state index >= 15 is 0 Å². The zero-order valence-corrected chi connectivity index (χ0v) is 10.4. The summed E-state index contributed by atoms with van der Waals surface area (Å²) in [7, 11) is 0. The van der Waals surface area contributed by atoms with Gasteiger partial charge in [0.1, 0.15) is 12.4 Å². The molecule has 3 nitrogen and oxygen atoms in total. The summed E-state index contributed by atoms with van der Waals surface area (Å²) in [5, 5.41) is 0. The van der Waals surface area contributed by atoms with E-state index in [-0.39, 0.29) is 23.4 Å². The number of esters is 1. The van der Waals surface area contributed by atoms with Crippen molar-refractivity contribution in [1.82, 2.24) is 0 Å². The minimum Gasteiger partial charge on any atom is -0.462 e. The minimum absolute atomic E-state index is 0.0805. The molecule has 0 saturated carbocycles. The number of rotatable bonds is 5. The highest BCUT2D eigenvalue weighted by atomic mass is 16.5. The second-order valence-corrected chi connectivity index (χ2v) is 5.21. The molecular formula is C12H22O3. The van der Waals surface area contributed by atoms with Crippen LogP contribution in [0.1, 0.15) is 47.5 Å². The average molecular weight is 214 g/mol. The molecule has 88 valence electrons. The lowest BCUT2D eigenvalue weighted by Gasteiger charge is -2.31. The molecule has 0 bridgehead atoms. The monoisotopic (exact) mass is 214 g/mol. The van der Waals surface area contributed by atoms with E-state index in [0.717, 1.165) is 12.7 Å². The van der Waals surface area contributed by atoms with Crippen LogP contribution in [0.15, 0.2) is 0 Å². The second-order valence-electron chi connectivity index (χ2n) is 5.21. The molecule has 0 N–H and O–H groups in total. The van der Waals surface area contributed by atoms with Gasteiger partial charge < -0.3 is 9.53 Å². The highest BCUT2D eigenvalue weighted by molar-refractivity contribution is 5.66. The predicted molar refractivity (Wildman–Crippen MR) is 59.5 cm³/mol. The Morgan fingerprint density at radius 1 is 1.40 bits per heavy atom. The molecule has 0 heterocycles. The van der Waals surface area contributed by atoms with E-state index < -0.39 is 0 Å². The minimum atomic E-state index is -0.256. The normalized spacial score (nSPS) is 15.5. The third kappa shape index (κ3) is 6.26. The summed E-state index contributed by atoms with van der Waals surface area (Å²) in [6.07, 6.45) is 2.05. The lowest BCUT2D eigenvalue weighted by molar-refractivity contribution is -0.153. The topological polar surface area (TPSA) is 43.4 Å². The number of ether oxygens (including phenoxy) is 1. The molecule has 0 aliphatic rings. The first kappa shape index (κ1) is 14.1. The van der Waals surface area contributed by atoms with Gasteiger partial charge in [0.15, 0.2) is 0 Å². The van der Waals surface area contributed by atoms with Crippen LogP contribution in [0.2, 0.25) is 0 Å². The van der Waals surface area contributed by atoms with Crippen molar-refractivity contribution in [2.75, 3.05) is 0 Å². The first-order valence-electron chi connectivity index (χ1n) is 5.38. The maximum atomic E-state index is 10.9. The Labute approximate surface area is 92.2 Å². The van der Waals surface area contributed by atoms with Crippen molar-refractivity contribution in [3.8, 4) is 0 Å². The zero-order chi connectivity index (χ0) is 12.1. The smallest absolute Gasteiger partial charge is 0.302 e. The van der Waals surface area contributed by atoms with E-state index in [4.69, 9.17) is 4.74 Å². The van der Waals surface area contributed by atoms with Crippen LogP contribution < -0.4 is 0 Å². The summed E-state index contributed by atoms with van der Waals surface area (Å²) in [5.74, 6) is -0.000645. The van der Waals surface area contributed by atoms with Gasteiger partial charge in [-0.1, -0.05) is 27.7 Å². The third-order valence-electron chi connectivity index (χ3n) is 2.39. The molecule has 0 radical (unpaired) electrons. The van der Waals surface area contributed by atoms with Gasteiger partial charge in [0.05, 0.1) is 0 Å². The number of carbonyl (C=O) groups is 2. The van der Waals surface area contributed by atoms with Gasteiger partial charge in [-0.3, -0.25) is 4.79 Å². The van der Waals surface area contributed by atoms with Gasteiger partial charge in [0, 0.05) is 13.3 Å². The van der Waals surface area contributed by atoms with Gasteiger partial charge >= 0.3 is 5.97 Å². The van der Waals surface area contributed by atoms with Crippen molar-refractivity contribution < 1.29 is 14.3 Å². The SMILES string of the molecule is CC(=O)O[C@@H](C[C@@H](C)CC=O)C(C)(C)C. The second kappa shape index (κ2) is 5.89. The van der Waals surface area contributed by atoms with Crippen LogP contribution in [0, 0.1) is 11.3 Å². The average Bonchev–Trinajstić information content (AvgIpc) is 2.00. The van der Waals surface area contributed by atoms with Crippen LogP contribution >= 0.6 is 0 Å². The van der Waals surface area contributed by atoms with Crippen molar-refractivity contribution in [2.45, 2.75) is 53.6 Å². The Morgan fingerprint density at radius 2 is 1.93 bits per heavy atom. The molecule has 0 amide bonds. The summed E-state index contributed by atoms with van der Waals surface area (Å²) in [6.45, 7) is 9.52. The number of hydrogen-bond acceptors (Lipinski definition) is 3. The van der Waals surface area contributed by atoms with Gasteiger partial charge in [0.2, 0.25) is 0 Å². The number of aldehydes is 1. The van der Waals surface area contributed by atoms with Crippen molar-refractivity contribution in [3.63, 3.8) is 0 Å². The van der Waals surface area contributed by atoms with Gasteiger partial charge in [0.25, 0.3) is 0 Å². The Balaban J connectivity index is 4.37. The summed E-state index contributed by atoms with van der Waals surface area (Å²) in [6, 6.07) is 0. The molecule has 0 aliphatic heterocycles. The summed E-state index contributed by atoms with van der Waals surface area (Å²) in [4.78, 5) is 21.3. The Bertz CT molecular complexity index is 215. The van der Waals surface area contributed by atoms with Gasteiger partial charge in [-0.2, -0.15) is 0 Å². The molecule has 0 saturated heterocycles. The van der Waals surface area contributed by atoms with Crippen LogP contribution in [0.5, 0.6) is 0 Å². The molecule has 0 aromatic heterocycles. The van der Waals surface area contributed by atoms with Crippen LogP contribution in [-0.2, 0) is 14.3 Å². The lowest BCUT2D eigenvalue weighted by Crippen LogP contribution is -2.32. The van der Waals surface area contributed by atoms with E-state index in [0.29, 0.717) is 6.42 Å². The van der Waals surface area contributed by atoms with Gasteiger partial charge in [-0.15, -0.1) is 0 Å². The first-order valence-corrected chi connectivity index (χ1v) is 5.38. The van der Waals surface area contributed by atoms with Crippen LogP contribution in [0.25, 0.3) is 0 Å². The highest BCUT2D eigenvalue weighted by Crippen LogP contribution is 2.28. The van der Waals surface area contributed by atoms with Crippen LogP contribution in [0.3, 0.4) is 0 Å². The molecule has 0 spiro atoms. The standard InChI is InChI=1S/C12H22O3/c1-9(6-7-13)8-11(12(3,4)5)15-10(2)14/h7,9,11H,6,8H2,1-5H3/t9-,11-/m0/s1. The Morgan fingerprint density at radius 3 is 2.27 bits per heavy atom. The van der Waals surface area contributed by atoms with Crippen LogP contribution in [-0.4, -0.2) is 18.4 Å². The Kier molecular flexibility index (Phi) is 5.55. The zero-order valence-electron chi connectivity index (χ0n) is 10.4. The van der Waals surface area contributed by atoms with Gasteiger partial charge in [-0.25, -0.2) is 0 Å². The molecule has 0 aliphatic carbocycles. The van der Waals surface area contributed by atoms with Crippen molar-refractivity contribution in [1.29, 1.82) is 0 Å². The highest BCUT2D eigenvalue weighted by Gasteiger charge is 2.28. The molecular weight excluding hydrogens is 192 g/mol. The fraction of sp³-hybridized carbons (Fsp3) is 0.833. The molecule has 0 rings (SSSR count). The Hall–Kier alpha value is -0.860. The maximum absolute atomic E-state index is 10.9. The van der Waals surface area contributed by atoms with E-state index in [9.17, 15) is 9.59 Å². The first-order chi connectivity index (χ1) is 6.77. The number of carbonyl (C=O) groups excluding carboxylic acids is 2. The molecule has 0 aromatic carbocycles. The van der Waals surface area contributed by atoms with E-state index in [1.54, 1.807) is 0 Å². The summed E-state index contributed by atoms with van der Waals surface area (Å²) < 4.78 is 5.28. The fourth-order valence-corrected chi connectivity index (χ4v) is 1.40. The molecule has 2 atom stereocenters. The molecule has 15 heavy (non-hydrogen) atoms. The fourth-order valence-electron chi connectivity index (χ4n) is 1.40. The largest absolute Gasteiger partial charge is 0.462 e. The quantitative estimate of drug-likeness (QED) is 0.522. The third-order valence-corrected chi connectivity index (χ3v) is 2.39. The molecule has 3 heteroatoms. The summed E-state index contributed by atoms with van der Waals surface area (Å²) >= 11 is 0. The van der Waals surface area contributed by atoms with Gasteiger partial charge in [-0.05, 0) is 17.8 Å². The molecule has 0 fully saturated rings. The van der Waals surface area contributed by atoms with E-state index in [1.807, 2.05) is 27.7 Å². The van der Waals surface area contributed by atoms with Crippen molar-refractivity contribution >= 4 is 12.3 Å². The van der Waals surface area contributed by atoms with Crippen molar-refractivity contribution in [3.05, 3.63) is 0 Å². The van der Waals surface area contributed by atoms with Crippen LogP contribution in [0.4, 0.5) is 0 Å². The molecule has 0 aromatic rings. The molecule has 0 unspecified atom stereocenters. The van der Waals surface area contributed by atoms with E-state index in [2.05, 4.69) is 0 Å². The van der Waals surface area contributed by atoms with E-state index in [1.165, 1.54) is 6.92 Å². The lowest BCUT2D eigenvalue weighted by atomic mass is 9.83. The number of hydrogen-bond donors (Lipinski definition) is 0. The summed E-state index contributed by atoms with van der Waals surface area (Å²) in [5.41, 5.74) is -0.0805. The predicted octanol–water partition coefficient (Wildman–Crippen LogP) is 2.58.